The third kappa shape index (κ3) is 0.469. The van der Waals surface area contributed by atoms with E-state index in [4.69, 9.17) is 0 Å². The maximum Gasteiger partial charge on any atom is -0.0173 e. The summed E-state index contributed by atoms with van der Waals surface area (Å²) in [5.41, 5.74) is 2.12. The Bertz CT molecular complexity index is 372. The van der Waals surface area contributed by atoms with Gasteiger partial charge in [0, 0.05) is 0 Å². The lowest BCUT2D eigenvalue weighted by Gasteiger charge is -2.76. The van der Waals surface area contributed by atoms with Gasteiger partial charge in [-0.05, 0) is 64.6 Å². The average molecular weight is 216 g/mol. The molecular weight excluding hydrogens is 192 g/mol. The molecule has 0 N–H and O–H groups in total. The largest absolute Gasteiger partial charge is 0.0588 e. The van der Waals surface area contributed by atoms with Gasteiger partial charge in [0.15, 0.2) is 0 Å². The topological polar surface area (TPSA) is 0 Å². The molecule has 0 aromatic rings. The molecule has 5 aliphatic rings. The highest BCUT2D eigenvalue weighted by molar-refractivity contribution is 5.44. The van der Waals surface area contributed by atoms with Crippen molar-refractivity contribution in [3.05, 3.63) is 0 Å². The van der Waals surface area contributed by atoms with Crippen LogP contribution in [0.3, 0.4) is 0 Å². The molecular formula is C16H24. The van der Waals surface area contributed by atoms with E-state index in [0.717, 1.165) is 22.7 Å². The van der Waals surface area contributed by atoms with Crippen LogP contribution in [0.25, 0.3) is 0 Å². The summed E-state index contributed by atoms with van der Waals surface area (Å²) in [5, 5.41) is 0. The monoisotopic (exact) mass is 216 g/mol. The van der Waals surface area contributed by atoms with Crippen molar-refractivity contribution in [2.45, 2.75) is 47.0 Å². The quantitative estimate of drug-likeness (QED) is 0.538. The van der Waals surface area contributed by atoms with Crippen molar-refractivity contribution in [3.8, 4) is 0 Å². The number of fused-ring (bicyclic) bond motifs is 10. The molecule has 0 bridgehead atoms. The summed E-state index contributed by atoms with van der Waals surface area (Å²) in [4.78, 5) is 0. The Hall–Kier alpha value is 0. The molecule has 0 saturated heterocycles. The van der Waals surface area contributed by atoms with Gasteiger partial charge in [-0.25, -0.2) is 0 Å². The Morgan fingerprint density at radius 3 is 1.62 bits per heavy atom. The summed E-state index contributed by atoms with van der Waals surface area (Å²) >= 11 is 0. The summed E-state index contributed by atoms with van der Waals surface area (Å²) < 4.78 is 0. The first-order valence-electron chi connectivity index (χ1n) is 7.48. The number of hydrogen-bond donors (Lipinski definition) is 0. The Labute approximate surface area is 99.2 Å². The minimum absolute atomic E-state index is 0.654. The summed E-state index contributed by atoms with van der Waals surface area (Å²) in [7, 11) is 0. The molecule has 0 heteroatoms. The second kappa shape index (κ2) is 1.93. The zero-order valence-corrected chi connectivity index (χ0v) is 11.1. The summed E-state index contributed by atoms with van der Waals surface area (Å²) in [6.07, 6.45) is 4.73. The Balaban J connectivity index is 1.57. The van der Waals surface area contributed by atoms with Gasteiger partial charge in [0.2, 0.25) is 0 Å². The van der Waals surface area contributed by atoms with Crippen LogP contribution in [0.5, 0.6) is 0 Å². The van der Waals surface area contributed by atoms with Crippen molar-refractivity contribution in [3.63, 3.8) is 0 Å². The molecule has 5 rings (SSSR count). The molecule has 16 heavy (non-hydrogen) atoms. The molecule has 0 heterocycles. The van der Waals surface area contributed by atoms with Gasteiger partial charge in [-0.1, -0.05) is 34.1 Å². The van der Waals surface area contributed by atoms with Gasteiger partial charge in [-0.2, -0.15) is 0 Å². The van der Waals surface area contributed by atoms with Crippen LogP contribution in [0.15, 0.2) is 0 Å². The van der Waals surface area contributed by atoms with Crippen LogP contribution in [0.2, 0.25) is 0 Å². The molecule has 0 aromatic carbocycles. The first kappa shape index (κ1) is 9.00. The van der Waals surface area contributed by atoms with Gasteiger partial charge in [-0.3, -0.25) is 0 Å². The molecule has 0 radical (unpaired) electrons. The number of hydrogen-bond acceptors (Lipinski definition) is 0. The molecule has 5 saturated carbocycles. The SMILES string of the molecule is CC1(C)[C@]2(C)[C@H]3[C@@H]4[C@H]5CCC[C@H]5[C@@H]4[C@H]3[C@]12C. The third-order valence-electron chi connectivity index (χ3n) is 9.22. The first-order valence-corrected chi connectivity index (χ1v) is 7.48. The van der Waals surface area contributed by atoms with Gasteiger partial charge in [-0.15, -0.1) is 0 Å². The molecule has 0 aromatic heterocycles. The third-order valence-corrected chi connectivity index (χ3v) is 9.22. The Morgan fingerprint density at radius 2 is 1.19 bits per heavy atom. The number of rotatable bonds is 0. The van der Waals surface area contributed by atoms with E-state index in [9.17, 15) is 0 Å². The normalized spacial score (nSPS) is 75.8. The van der Waals surface area contributed by atoms with Crippen molar-refractivity contribution < 1.29 is 0 Å². The highest BCUT2D eigenvalue weighted by Gasteiger charge is 2.97. The van der Waals surface area contributed by atoms with Crippen molar-refractivity contribution in [2.75, 3.05) is 0 Å². The summed E-state index contributed by atoms with van der Waals surface area (Å²) in [6, 6.07) is 0. The van der Waals surface area contributed by atoms with E-state index in [1.807, 2.05) is 0 Å². The van der Waals surface area contributed by atoms with Gasteiger partial charge in [0.1, 0.15) is 0 Å². The van der Waals surface area contributed by atoms with Crippen LogP contribution in [0, 0.1) is 51.8 Å². The fourth-order valence-electron chi connectivity index (χ4n) is 8.08. The van der Waals surface area contributed by atoms with Crippen LogP contribution in [0.1, 0.15) is 47.0 Å². The van der Waals surface area contributed by atoms with Crippen LogP contribution < -0.4 is 0 Å². The second-order valence-electron chi connectivity index (χ2n) is 8.49. The average Bonchev–Trinajstić information content (AvgIpc) is 2.58. The molecule has 0 nitrogen and oxygen atoms in total. The minimum atomic E-state index is 0.654. The maximum absolute atomic E-state index is 2.62. The molecule has 8 atom stereocenters. The smallest absolute Gasteiger partial charge is 0.0173 e. The van der Waals surface area contributed by atoms with Gasteiger partial charge in [0.25, 0.3) is 0 Å². The minimum Gasteiger partial charge on any atom is -0.0588 e. The highest BCUT2D eigenvalue weighted by atomic mass is 15.0. The lowest BCUT2D eigenvalue weighted by molar-refractivity contribution is -0.294. The van der Waals surface area contributed by atoms with Gasteiger partial charge < -0.3 is 0 Å². The summed E-state index contributed by atoms with van der Waals surface area (Å²) in [6.45, 7) is 10.3. The zero-order valence-electron chi connectivity index (χ0n) is 11.1. The van der Waals surface area contributed by atoms with E-state index in [1.54, 1.807) is 19.3 Å². The standard InChI is InChI=1S/C16H24/c1-14(2)15(3)12-10-8-6-5-7-9(8)11(10)13(12)16(14,15)4/h8-13H,5-7H2,1-4H3/t8-,9+,10+,11-,12-,13+,15-,16+. The Morgan fingerprint density at radius 1 is 0.750 bits per heavy atom. The van der Waals surface area contributed by atoms with Crippen LogP contribution in [-0.4, -0.2) is 0 Å². The molecule has 5 aliphatic carbocycles. The lowest BCUT2D eigenvalue weighted by atomic mass is 9.28. The second-order valence-corrected chi connectivity index (χ2v) is 8.49. The van der Waals surface area contributed by atoms with Crippen molar-refractivity contribution in [2.24, 2.45) is 51.8 Å². The first-order chi connectivity index (χ1) is 7.48. The van der Waals surface area contributed by atoms with Crippen molar-refractivity contribution >= 4 is 0 Å². The van der Waals surface area contributed by atoms with Crippen molar-refractivity contribution in [1.82, 2.24) is 0 Å². The maximum atomic E-state index is 2.62. The lowest BCUT2D eigenvalue weighted by Crippen LogP contribution is -2.72. The molecule has 0 aliphatic heterocycles. The fourth-order valence-corrected chi connectivity index (χ4v) is 8.08. The molecule has 0 unspecified atom stereocenters. The van der Waals surface area contributed by atoms with Crippen molar-refractivity contribution in [1.29, 1.82) is 0 Å². The van der Waals surface area contributed by atoms with Crippen LogP contribution in [-0.2, 0) is 0 Å². The van der Waals surface area contributed by atoms with Gasteiger partial charge >= 0.3 is 0 Å². The Kier molecular flexibility index (Phi) is 1.09. The molecule has 88 valence electrons. The molecule has 0 amide bonds. The van der Waals surface area contributed by atoms with E-state index in [1.165, 1.54) is 23.7 Å². The van der Waals surface area contributed by atoms with Gasteiger partial charge in [0.05, 0.1) is 0 Å². The molecule has 5 fully saturated rings. The van der Waals surface area contributed by atoms with Crippen LogP contribution >= 0.6 is 0 Å². The van der Waals surface area contributed by atoms with E-state index in [0.29, 0.717) is 5.41 Å². The fraction of sp³-hybridized carbons (Fsp3) is 1.00. The predicted octanol–water partition coefficient (Wildman–Crippen LogP) is 3.96. The highest BCUT2D eigenvalue weighted by Crippen LogP contribution is 3.01. The zero-order chi connectivity index (χ0) is 11.1. The van der Waals surface area contributed by atoms with E-state index < -0.39 is 0 Å². The van der Waals surface area contributed by atoms with E-state index >= 15 is 0 Å². The van der Waals surface area contributed by atoms with Crippen LogP contribution in [0.4, 0.5) is 0 Å². The summed E-state index contributed by atoms with van der Waals surface area (Å²) in [5.74, 6) is 7.05. The molecule has 0 spiro atoms. The van der Waals surface area contributed by atoms with E-state index in [-0.39, 0.29) is 0 Å². The van der Waals surface area contributed by atoms with E-state index in [2.05, 4.69) is 27.7 Å². The predicted molar refractivity (Wildman–Crippen MR) is 64.8 cm³/mol.